The minimum absolute atomic E-state index is 0.525. The number of thioether (sulfide) groups is 1. The minimum Gasteiger partial charge on any atom is -0.402 e. The van der Waals surface area contributed by atoms with Crippen molar-refractivity contribution in [3.63, 3.8) is 0 Å². The lowest BCUT2D eigenvalue weighted by Gasteiger charge is -2.32. The SMILES string of the molecule is C=C(N)CCN(CCC)Cc1c(C)cc(-c2cccc(-c3cccc(NC4=N/C=C\SC(CN5CCC(C(=C)C)CC5)=NC4=C)c3Cl)c2Cl)nc1CC. The topological polar surface area (TPSA) is 82.1 Å². The molecular weight excluding hydrogens is 717 g/mol. The van der Waals surface area contributed by atoms with Gasteiger partial charge in [0.15, 0.2) is 5.84 Å². The van der Waals surface area contributed by atoms with E-state index in [4.69, 9.17) is 38.9 Å². The van der Waals surface area contributed by atoms with E-state index >= 15 is 0 Å². The van der Waals surface area contributed by atoms with Gasteiger partial charge in [-0.05, 0) is 100 Å². The molecule has 0 bridgehead atoms. The maximum Gasteiger partial charge on any atom is 0.155 e. The molecule has 5 rings (SSSR count). The number of benzene rings is 2. The summed E-state index contributed by atoms with van der Waals surface area (Å²) in [6, 6.07) is 14.0. The number of rotatable bonds is 14. The predicted octanol–water partition coefficient (Wildman–Crippen LogP) is 10.9. The summed E-state index contributed by atoms with van der Waals surface area (Å²) in [5, 5.41) is 7.47. The van der Waals surface area contributed by atoms with Gasteiger partial charge >= 0.3 is 0 Å². The van der Waals surface area contributed by atoms with Gasteiger partial charge in [0, 0.05) is 53.9 Å². The molecule has 2 aromatic carbocycles. The molecule has 0 aliphatic carbocycles. The minimum atomic E-state index is 0.525. The fourth-order valence-corrected chi connectivity index (χ4v) is 8.19. The average molecular weight is 771 g/mol. The van der Waals surface area contributed by atoms with Crippen LogP contribution in [-0.2, 0) is 13.0 Å². The Morgan fingerprint density at radius 1 is 1.04 bits per heavy atom. The van der Waals surface area contributed by atoms with Crippen LogP contribution in [0.1, 0.15) is 63.3 Å². The fraction of sp³-hybridized carbons (Fsp3) is 0.372. The fourth-order valence-electron chi connectivity index (χ4n) is 6.90. The number of anilines is 1. The van der Waals surface area contributed by atoms with Crippen molar-refractivity contribution in [3.8, 4) is 22.4 Å². The zero-order valence-corrected chi connectivity index (χ0v) is 34.0. The van der Waals surface area contributed by atoms with E-state index in [9.17, 15) is 0 Å². The number of aromatic nitrogens is 1. The van der Waals surface area contributed by atoms with Gasteiger partial charge in [-0.25, -0.2) is 9.98 Å². The highest BCUT2D eigenvalue weighted by Crippen LogP contribution is 2.41. The molecule has 3 N–H and O–H groups in total. The first-order valence-electron chi connectivity index (χ1n) is 18.5. The van der Waals surface area contributed by atoms with Crippen molar-refractivity contribution in [1.29, 1.82) is 0 Å². The first-order chi connectivity index (χ1) is 25.5. The van der Waals surface area contributed by atoms with Gasteiger partial charge in [0.2, 0.25) is 0 Å². The number of allylic oxidation sites excluding steroid dienone is 1. The second kappa shape index (κ2) is 19.1. The van der Waals surface area contributed by atoms with Crippen LogP contribution in [0.2, 0.25) is 10.0 Å². The second-order valence-electron chi connectivity index (χ2n) is 14.0. The Kier molecular flexibility index (Phi) is 14.6. The Balaban J connectivity index is 1.37. The number of pyridine rings is 1. The summed E-state index contributed by atoms with van der Waals surface area (Å²) in [7, 11) is 0. The molecule has 1 fully saturated rings. The Bertz CT molecular complexity index is 1920. The summed E-state index contributed by atoms with van der Waals surface area (Å²) in [5.41, 5.74) is 16.0. The van der Waals surface area contributed by atoms with E-state index in [-0.39, 0.29) is 0 Å². The number of hydrogen-bond acceptors (Lipinski definition) is 8. The molecule has 0 radical (unpaired) electrons. The smallest absolute Gasteiger partial charge is 0.155 e. The van der Waals surface area contributed by atoms with Gasteiger partial charge in [-0.3, -0.25) is 14.8 Å². The van der Waals surface area contributed by atoms with E-state index in [1.54, 1.807) is 18.0 Å². The third-order valence-corrected chi connectivity index (χ3v) is 11.5. The van der Waals surface area contributed by atoms with Crippen molar-refractivity contribution in [2.45, 2.75) is 66.3 Å². The number of likely N-dealkylation sites (tertiary alicyclic amines) is 1. The number of hydrogen-bond donors (Lipinski definition) is 2. The van der Waals surface area contributed by atoms with Crippen molar-refractivity contribution >= 4 is 51.5 Å². The van der Waals surface area contributed by atoms with E-state index < -0.39 is 0 Å². The van der Waals surface area contributed by atoms with Gasteiger partial charge in [-0.2, -0.15) is 0 Å². The third kappa shape index (κ3) is 10.5. The van der Waals surface area contributed by atoms with Crippen LogP contribution in [0.4, 0.5) is 5.69 Å². The summed E-state index contributed by atoms with van der Waals surface area (Å²) in [4.78, 5) is 19.6. The monoisotopic (exact) mass is 769 g/mol. The maximum atomic E-state index is 7.24. The van der Waals surface area contributed by atoms with Gasteiger partial charge < -0.3 is 11.1 Å². The summed E-state index contributed by atoms with van der Waals surface area (Å²) in [6.07, 6.45) is 6.70. The molecule has 0 spiro atoms. The zero-order chi connectivity index (χ0) is 38.1. The van der Waals surface area contributed by atoms with Crippen molar-refractivity contribution in [3.05, 3.63) is 118 Å². The van der Waals surface area contributed by atoms with Gasteiger partial charge in [-0.15, -0.1) is 0 Å². The molecule has 3 heterocycles. The molecule has 3 aromatic rings. The Labute approximate surface area is 330 Å². The van der Waals surface area contributed by atoms with Crippen LogP contribution >= 0.6 is 35.0 Å². The van der Waals surface area contributed by atoms with Gasteiger partial charge in [0.1, 0.15) is 0 Å². The molecule has 1 saturated heterocycles. The number of nitrogens with one attached hydrogen (secondary N) is 1. The molecule has 10 heteroatoms. The van der Waals surface area contributed by atoms with E-state index in [0.29, 0.717) is 38.9 Å². The number of aliphatic imine (C=N–C) groups is 2. The van der Waals surface area contributed by atoms with Crippen molar-refractivity contribution in [2.24, 2.45) is 21.6 Å². The molecule has 1 aromatic heterocycles. The van der Waals surface area contributed by atoms with Gasteiger partial charge in [0.05, 0.1) is 32.2 Å². The lowest BCUT2D eigenvalue weighted by atomic mass is 9.91. The van der Waals surface area contributed by atoms with Crippen LogP contribution in [0, 0.1) is 12.8 Å². The van der Waals surface area contributed by atoms with E-state index in [2.05, 4.69) is 73.6 Å². The van der Waals surface area contributed by atoms with E-state index in [1.165, 1.54) is 16.7 Å². The first kappa shape index (κ1) is 40.5. The summed E-state index contributed by atoms with van der Waals surface area (Å²) >= 11 is 16.0. The lowest BCUT2D eigenvalue weighted by Crippen LogP contribution is -2.37. The highest BCUT2D eigenvalue weighted by molar-refractivity contribution is 8.16. The zero-order valence-electron chi connectivity index (χ0n) is 31.7. The van der Waals surface area contributed by atoms with Crippen molar-refractivity contribution in [1.82, 2.24) is 14.8 Å². The number of nitrogens with two attached hydrogens (primary N) is 1. The van der Waals surface area contributed by atoms with Crippen LogP contribution in [0.25, 0.3) is 22.4 Å². The highest BCUT2D eigenvalue weighted by atomic mass is 35.5. The molecule has 53 heavy (non-hydrogen) atoms. The number of aryl methyl sites for hydroxylation is 2. The quantitative estimate of drug-likeness (QED) is 0.159. The molecule has 0 atom stereocenters. The predicted molar refractivity (Wildman–Crippen MR) is 231 cm³/mol. The summed E-state index contributed by atoms with van der Waals surface area (Å²) in [6.45, 7) is 26.5. The van der Waals surface area contributed by atoms with E-state index in [1.807, 2.05) is 41.8 Å². The Morgan fingerprint density at radius 3 is 2.42 bits per heavy atom. The molecule has 2 aliphatic rings. The summed E-state index contributed by atoms with van der Waals surface area (Å²) in [5.74, 6) is 1.15. The second-order valence-corrected chi connectivity index (χ2v) is 15.7. The number of halogens is 2. The lowest BCUT2D eigenvalue weighted by molar-refractivity contribution is 0.224. The molecule has 7 nitrogen and oxygen atoms in total. The molecule has 0 amide bonds. The number of nitrogens with zero attached hydrogens (tertiary/aromatic N) is 5. The van der Waals surface area contributed by atoms with Crippen LogP contribution in [0.3, 0.4) is 0 Å². The highest BCUT2D eigenvalue weighted by Gasteiger charge is 2.22. The molecule has 280 valence electrons. The van der Waals surface area contributed by atoms with Crippen molar-refractivity contribution in [2.75, 3.05) is 38.0 Å². The molecular formula is C43H53Cl2N7S. The van der Waals surface area contributed by atoms with Gasteiger partial charge in [0.25, 0.3) is 0 Å². The number of piperidine rings is 1. The average Bonchev–Trinajstić information content (AvgIpc) is 3.12. The molecule has 2 aliphatic heterocycles. The summed E-state index contributed by atoms with van der Waals surface area (Å²) < 4.78 is 0. The van der Waals surface area contributed by atoms with Crippen LogP contribution < -0.4 is 11.1 Å². The van der Waals surface area contributed by atoms with Crippen molar-refractivity contribution < 1.29 is 0 Å². The third-order valence-electron chi connectivity index (χ3n) is 9.90. The van der Waals surface area contributed by atoms with E-state index in [0.717, 1.165) is 104 Å². The standard InChI is InChI=1S/C43H53Cl2N7S/c1-8-20-51(21-16-30(6)46)26-36-29(5)25-39(49-37(36)9-2)35-14-10-12-33(41(35)44)34-13-11-15-38(42(34)45)50-43-31(7)48-40(53-24-19-47-43)27-52-22-17-32(18-23-52)28(3)4/h10-15,19,24-25,32H,3,6-9,16-18,20-23,26-27,46H2,1-2,4-5H3,(H,47,50)/b24-19-,48-40?. The largest absolute Gasteiger partial charge is 0.402 e. The van der Waals surface area contributed by atoms with Crippen LogP contribution in [0.5, 0.6) is 0 Å². The molecule has 0 saturated carbocycles. The normalized spacial score (nSPS) is 16.2. The molecule has 0 unspecified atom stereocenters. The number of amidine groups is 1. The Morgan fingerprint density at radius 2 is 1.74 bits per heavy atom. The van der Waals surface area contributed by atoms with Crippen LogP contribution in [0.15, 0.2) is 101 Å². The maximum absolute atomic E-state index is 7.24. The Hall–Kier alpha value is -3.66. The first-order valence-corrected chi connectivity index (χ1v) is 20.2. The van der Waals surface area contributed by atoms with Crippen LogP contribution in [-0.4, -0.2) is 58.4 Å². The van der Waals surface area contributed by atoms with Gasteiger partial charge in [-0.1, -0.05) is 104 Å².